The third kappa shape index (κ3) is 2.26. The van der Waals surface area contributed by atoms with E-state index in [1.165, 1.54) is 11.1 Å². The summed E-state index contributed by atoms with van der Waals surface area (Å²) in [5.74, 6) is 0. The Morgan fingerprint density at radius 3 is 2.24 bits per heavy atom. The van der Waals surface area contributed by atoms with E-state index in [1.807, 2.05) is 26.0 Å². The summed E-state index contributed by atoms with van der Waals surface area (Å²) in [7, 11) is 0. The smallest absolute Gasteiger partial charge is 0.0861 e. The molecule has 0 spiro atoms. The second kappa shape index (κ2) is 4.74. The highest BCUT2D eigenvalue weighted by atomic mass is 16.3. The topological polar surface area (TPSA) is 25.2 Å². The van der Waals surface area contributed by atoms with Crippen LogP contribution >= 0.6 is 0 Å². The Kier molecular flexibility index (Phi) is 3.14. The van der Waals surface area contributed by atoms with Gasteiger partial charge in [0.1, 0.15) is 0 Å². The van der Waals surface area contributed by atoms with Gasteiger partial charge in [0.05, 0.1) is 11.1 Å². The molecule has 0 atom stereocenters. The fourth-order valence-corrected chi connectivity index (χ4v) is 2.96. The maximum Gasteiger partial charge on any atom is 0.0861 e. The number of hydrogen-bond acceptors (Lipinski definition) is 1. The van der Waals surface area contributed by atoms with Crippen molar-refractivity contribution in [1.82, 2.24) is 4.57 Å². The summed E-state index contributed by atoms with van der Waals surface area (Å²) in [6.45, 7) is 7.90. The van der Waals surface area contributed by atoms with Crippen molar-refractivity contribution in [1.29, 1.82) is 0 Å². The maximum atomic E-state index is 10.5. The first-order valence-electron chi connectivity index (χ1n) is 7.29. The van der Waals surface area contributed by atoms with Crippen LogP contribution in [0.15, 0.2) is 48.7 Å². The van der Waals surface area contributed by atoms with Crippen molar-refractivity contribution in [3.63, 3.8) is 0 Å². The standard InChI is InChI=1S/C19H21NO/c1-13-8-5-6-10-16(13)20-12-15(19(3,4)21)18-14(2)9-7-11-17(18)20/h5-12,21H,1-4H3. The number of aliphatic hydroxyl groups is 1. The molecular formula is C19H21NO. The van der Waals surface area contributed by atoms with E-state index in [9.17, 15) is 5.11 Å². The molecule has 1 heterocycles. The number of nitrogens with zero attached hydrogens (tertiary/aromatic N) is 1. The van der Waals surface area contributed by atoms with Gasteiger partial charge >= 0.3 is 0 Å². The molecule has 2 heteroatoms. The highest BCUT2D eigenvalue weighted by Crippen LogP contribution is 2.34. The molecule has 0 unspecified atom stereocenters. The summed E-state index contributed by atoms with van der Waals surface area (Å²) in [5.41, 5.74) is 4.82. The summed E-state index contributed by atoms with van der Waals surface area (Å²) in [6.07, 6.45) is 2.07. The van der Waals surface area contributed by atoms with Crippen LogP contribution in [0.3, 0.4) is 0 Å². The molecule has 2 aromatic carbocycles. The molecule has 0 radical (unpaired) electrons. The van der Waals surface area contributed by atoms with Gasteiger partial charge in [-0.05, 0) is 51.0 Å². The van der Waals surface area contributed by atoms with E-state index in [0.717, 1.165) is 22.2 Å². The van der Waals surface area contributed by atoms with Crippen molar-refractivity contribution in [2.45, 2.75) is 33.3 Å². The largest absolute Gasteiger partial charge is 0.386 e. The molecule has 0 aliphatic carbocycles. The van der Waals surface area contributed by atoms with Crippen LogP contribution in [0, 0.1) is 13.8 Å². The minimum absolute atomic E-state index is 0.863. The van der Waals surface area contributed by atoms with Crippen LogP contribution in [-0.4, -0.2) is 9.67 Å². The molecule has 0 saturated carbocycles. The zero-order valence-electron chi connectivity index (χ0n) is 13.0. The zero-order chi connectivity index (χ0) is 15.2. The van der Waals surface area contributed by atoms with Crippen molar-refractivity contribution in [2.24, 2.45) is 0 Å². The van der Waals surface area contributed by atoms with E-state index in [1.54, 1.807) is 0 Å². The van der Waals surface area contributed by atoms with Gasteiger partial charge in [-0.2, -0.15) is 0 Å². The Labute approximate surface area is 125 Å². The van der Waals surface area contributed by atoms with Gasteiger partial charge in [-0.3, -0.25) is 0 Å². The van der Waals surface area contributed by atoms with E-state index in [-0.39, 0.29) is 0 Å². The van der Waals surface area contributed by atoms with Crippen molar-refractivity contribution in [3.8, 4) is 5.69 Å². The van der Waals surface area contributed by atoms with Crippen LogP contribution in [0.2, 0.25) is 0 Å². The van der Waals surface area contributed by atoms with Crippen molar-refractivity contribution in [3.05, 3.63) is 65.4 Å². The van der Waals surface area contributed by atoms with Crippen LogP contribution in [0.25, 0.3) is 16.6 Å². The first-order chi connectivity index (χ1) is 9.89. The maximum absolute atomic E-state index is 10.5. The quantitative estimate of drug-likeness (QED) is 0.735. The number of fused-ring (bicyclic) bond motifs is 1. The predicted molar refractivity (Wildman–Crippen MR) is 88.0 cm³/mol. The number of aryl methyl sites for hydroxylation is 2. The van der Waals surface area contributed by atoms with Crippen molar-refractivity contribution >= 4 is 10.9 Å². The lowest BCUT2D eigenvalue weighted by atomic mass is 9.96. The molecule has 1 aromatic heterocycles. The van der Waals surface area contributed by atoms with E-state index < -0.39 is 5.60 Å². The normalized spacial score (nSPS) is 12.0. The summed E-state index contributed by atoms with van der Waals surface area (Å²) < 4.78 is 2.19. The third-order valence-corrected chi connectivity index (χ3v) is 4.07. The molecule has 108 valence electrons. The second-order valence-corrected chi connectivity index (χ2v) is 6.23. The molecule has 0 aliphatic heterocycles. The van der Waals surface area contributed by atoms with Crippen molar-refractivity contribution < 1.29 is 5.11 Å². The monoisotopic (exact) mass is 279 g/mol. The van der Waals surface area contributed by atoms with E-state index in [4.69, 9.17) is 0 Å². The van der Waals surface area contributed by atoms with Gasteiger partial charge in [0.25, 0.3) is 0 Å². The predicted octanol–water partition coefficient (Wildman–Crippen LogP) is 4.47. The van der Waals surface area contributed by atoms with Crippen LogP contribution in [0.4, 0.5) is 0 Å². The van der Waals surface area contributed by atoms with E-state index >= 15 is 0 Å². The minimum Gasteiger partial charge on any atom is -0.386 e. The van der Waals surface area contributed by atoms with E-state index in [2.05, 4.69) is 54.9 Å². The van der Waals surface area contributed by atoms with E-state index in [0.29, 0.717) is 0 Å². The molecule has 3 aromatic rings. The Morgan fingerprint density at radius 1 is 0.905 bits per heavy atom. The number of hydrogen-bond donors (Lipinski definition) is 1. The van der Waals surface area contributed by atoms with Crippen LogP contribution < -0.4 is 0 Å². The molecular weight excluding hydrogens is 258 g/mol. The summed E-state index contributed by atoms with van der Waals surface area (Å²) in [6, 6.07) is 14.6. The van der Waals surface area contributed by atoms with Gasteiger partial charge in [0.2, 0.25) is 0 Å². The lowest BCUT2D eigenvalue weighted by molar-refractivity contribution is 0.0800. The molecule has 0 fully saturated rings. The molecule has 0 bridgehead atoms. The molecule has 1 N–H and O–H groups in total. The fraction of sp³-hybridized carbons (Fsp3) is 0.263. The van der Waals surface area contributed by atoms with Crippen LogP contribution in [-0.2, 0) is 5.60 Å². The van der Waals surface area contributed by atoms with Gasteiger partial charge in [0, 0.05) is 22.8 Å². The lowest BCUT2D eigenvalue weighted by Gasteiger charge is -2.17. The molecule has 0 amide bonds. The Balaban J connectivity index is 2.41. The molecule has 3 rings (SSSR count). The first-order valence-corrected chi connectivity index (χ1v) is 7.29. The van der Waals surface area contributed by atoms with Gasteiger partial charge in [-0.15, -0.1) is 0 Å². The highest BCUT2D eigenvalue weighted by Gasteiger charge is 2.23. The van der Waals surface area contributed by atoms with Crippen LogP contribution in [0.5, 0.6) is 0 Å². The molecule has 0 saturated heterocycles. The number of para-hydroxylation sites is 1. The Morgan fingerprint density at radius 2 is 1.57 bits per heavy atom. The lowest BCUT2D eigenvalue weighted by Crippen LogP contribution is -2.15. The second-order valence-electron chi connectivity index (χ2n) is 6.23. The van der Waals surface area contributed by atoms with Gasteiger partial charge in [-0.1, -0.05) is 30.3 Å². The molecule has 0 aliphatic rings. The SMILES string of the molecule is Cc1ccccc1-n1cc(C(C)(C)O)c2c(C)cccc21. The van der Waals surface area contributed by atoms with Gasteiger partial charge < -0.3 is 9.67 Å². The Hall–Kier alpha value is -2.06. The number of benzene rings is 2. The summed E-state index contributed by atoms with van der Waals surface area (Å²) in [4.78, 5) is 0. The average molecular weight is 279 g/mol. The fourth-order valence-electron chi connectivity index (χ4n) is 2.96. The zero-order valence-corrected chi connectivity index (χ0v) is 13.0. The number of rotatable bonds is 2. The van der Waals surface area contributed by atoms with Crippen molar-refractivity contribution in [2.75, 3.05) is 0 Å². The average Bonchev–Trinajstić information content (AvgIpc) is 2.80. The van der Waals surface area contributed by atoms with Crippen LogP contribution in [0.1, 0.15) is 30.5 Å². The molecule has 2 nitrogen and oxygen atoms in total. The summed E-state index contributed by atoms with van der Waals surface area (Å²) in [5, 5.41) is 11.7. The van der Waals surface area contributed by atoms with Gasteiger partial charge in [0.15, 0.2) is 0 Å². The Bertz CT molecular complexity index is 806. The first kappa shape index (κ1) is 13.9. The molecule has 21 heavy (non-hydrogen) atoms. The third-order valence-electron chi connectivity index (χ3n) is 4.07. The number of aromatic nitrogens is 1. The summed E-state index contributed by atoms with van der Waals surface area (Å²) >= 11 is 0. The van der Waals surface area contributed by atoms with Gasteiger partial charge in [-0.25, -0.2) is 0 Å². The highest BCUT2D eigenvalue weighted by molar-refractivity contribution is 5.89. The minimum atomic E-state index is -0.863.